The van der Waals surface area contributed by atoms with Crippen LogP contribution in [0.25, 0.3) is 0 Å². The van der Waals surface area contributed by atoms with E-state index in [1.165, 1.54) is 11.0 Å². The van der Waals surface area contributed by atoms with E-state index in [1.807, 2.05) is 0 Å². The van der Waals surface area contributed by atoms with Gasteiger partial charge in [-0.1, -0.05) is 0 Å². The molecule has 1 aromatic carbocycles. The van der Waals surface area contributed by atoms with Crippen LogP contribution in [0.3, 0.4) is 0 Å². The largest absolute Gasteiger partial charge is 0.479 e. The van der Waals surface area contributed by atoms with Gasteiger partial charge in [0.05, 0.1) is 22.5 Å². The molecule has 0 radical (unpaired) electrons. The number of carbonyl (C=O) groups is 1. The fourth-order valence-corrected chi connectivity index (χ4v) is 2.43. The van der Waals surface area contributed by atoms with Crippen molar-refractivity contribution >= 4 is 33.4 Å². The Morgan fingerprint density at radius 1 is 1.43 bits per heavy atom. The van der Waals surface area contributed by atoms with E-state index in [4.69, 9.17) is 15.2 Å². The van der Waals surface area contributed by atoms with E-state index in [-0.39, 0.29) is 23.2 Å². The summed E-state index contributed by atoms with van der Waals surface area (Å²) in [6, 6.07) is 3.02. The van der Waals surface area contributed by atoms with Gasteiger partial charge in [0.2, 0.25) is 5.75 Å². The predicted octanol–water partition coefficient (Wildman–Crippen LogP) is 2.94. The molecule has 0 unspecified atom stereocenters. The first-order valence-electron chi connectivity index (χ1n) is 6.95. The van der Waals surface area contributed by atoms with Crippen molar-refractivity contribution in [3.05, 3.63) is 26.7 Å². The van der Waals surface area contributed by atoms with E-state index in [9.17, 15) is 14.9 Å². The van der Waals surface area contributed by atoms with Gasteiger partial charge in [-0.05, 0) is 48.8 Å². The molecule has 0 aliphatic carbocycles. The number of nitrogens with zero attached hydrogens (tertiary/aromatic N) is 2. The molecule has 1 aromatic rings. The predicted molar refractivity (Wildman–Crippen MR) is 87.4 cm³/mol. The molecular formula is C14H18BrN3O5. The normalized spacial score (nSPS) is 15.0. The third-order valence-electron chi connectivity index (χ3n) is 3.08. The number of nitro benzene ring substituents is 1. The SMILES string of the molecule is CC(C)(C)OC(=O)N1CC(Oc2c(Br)ccc(N)c2[N+](=O)[O-])C1. The van der Waals surface area contributed by atoms with Crippen LogP contribution in [-0.4, -0.2) is 40.7 Å². The lowest BCUT2D eigenvalue weighted by atomic mass is 10.1. The Morgan fingerprint density at radius 3 is 2.57 bits per heavy atom. The van der Waals surface area contributed by atoms with Gasteiger partial charge in [0.25, 0.3) is 0 Å². The Balaban J connectivity index is 2.03. The number of anilines is 1. The Labute approximate surface area is 141 Å². The van der Waals surface area contributed by atoms with Crippen molar-refractivity contribution in [2.45, 2.75) is 32.5 Å². The second-order valence-electron chi connectivity index (χ2n) is 6.20. The summed E-state index contributed by atoms with van der Waals surface area (Å²) in [7, 11) is 0. The summed E-state index contributed by atoms with van der Waals surface area (Å²) in [5, 5.41) is 11.2. The molecule has 2 rings (SSSR count). The summed E-state index contributed by atoms with van der Waals surface area (Å²) in [6.07, 6.45) is -0.780. The number of amides is 1. The van der Waals surface area contributed by atoms with Gasteiger partial charge in [-0.2, -0.15) is 0 Å². The number of nitro groups is 1. The number of hydrogen-bond acceptors (Lipinski definition) is 6. The van der Waals surface area contributed by atoms with E-state index in [1.54, 1.807) is 26.8 Å². The quantitative estimate of drug-likeness (QED) is 0.485. The van der Waals surface area contributed by atoms with Gasteiger partial charge in [0.1, 0.15) is 17.4 Å². The summed E-state index contributed by atoms with van der Waals surface area (Å²) in [5.74, 6) is 0.0730. The molecule has 8 nitrogen and oxygen atoms in total. The van der Waals surface area contributed by atoms with Crippen LogP contribution in [-0.2, 0) is 4.74 Å². The number of halogens is 1. The maximum Gasteiger partial charge on any atom is 0.410 e. The second kappa shape index (κ2) is 6.23. The van der Waals surface area contributed by atoms with Crippen LogP contribution in [0.4, 0.5) is 16.2 Å². The number of hydrogen-bond donors (Lipinski definition) is 1. The monoisotopic (exact) mass is 387 g/mol. The highest BCUT2D eigenvalue weighted by Gasteiger charge is 2.37. The molecule has 0 aromatic heterocycles. The topological polar surface area (TPSA) is 108 Å². The zero-order valence-corrected chi connectivity index (χ0v) is 14.6. The van der Waals surface area contributed by atoms with Crippen LogP contribution in [0.1, 0.15) is 20.8 Å². The highest BCUT2D eigenvalue weighted by atomic mass is 79.9. The van der Waals surface area contributed by atoms with Crippen molar-refractivity contribution in [3.63, 3.8) is 0 Å². The molecule has 9 heteroatoms. The van der Waals surface area contributed by atoms with E-state index in [0.29, 0.717) is 17.6 Å². The zero-order valence-electron chi connectivity index (χ0n) is 13.0. The highest BCUT2D eigenvalue weighted by Crippen LogP contribution is 2.40. The molecule has 1 amide bonds. The number of benzene rings is 1. The van der Waals surface area contributed by atoms with Gasteiger partial charge in [0.15, 0.2) is 0 Å². The minimum absolute atomic E-state index is 0.0246. The molecule has 0 saturated carbocycles. The van der Waals surface area contributed by atoms with Crippen LogP contribution in [0.15, 0.2) is 16.6 Å². The smallest absolute Gasteiger partial charge is 0.410 e. The third kappa shape index (κ3) is 4.04. The van der Waals surface area contributed by atoms with Gasteiger partial charge in [-0.3, -0.25) is 10.1 Å². The number of carbonyl (C=O) groups excluding carboxylic acids is 1. The van der Waals surface area contributed by atoms with Crippen molar-refractivity contribution in [2.24, 2.45) is 0 Å². The Kier molecular flexibility index (Phi) is 4.69. The lowest BCUT2D eigenvalue weighted by molar-refractivity contribution is -0.385. The lowest BCUT2D eigenvalue weighted by Gasteiger charge is -2.39. The van der Waals surface area contributed by atoms with Crippen LogP contribution >= 0.6 is 15.9 Å². The molecule has 0 atom stereocenters. The number of nitrogens with two attached hydrogens (primary N) is 1. The molecule has 126 valence electrons. The summed E-state index contributed by atoms with van der Waals surface area (Å²) >= 11 is 3.22. The van der Waals surface area contributed by atoms with Crippen LogP contribution in [0, 0.1) is 10.1 Å². The maximum atomic E-state index is 11.8. The van der Waals surface area contributed by atoms with Gasteiger partial charge >= 0.3 is 11.8 Å². The first-order chi connectivity index (χ1) is 10.6. The van der Waals surface area contributed by atoms with Gasteiger partial charge < -0.3 is 20.1 Å². The summed E-state index contributed by atoms with van der Waals surface area (Å²) in [4.78, 5) is 23.9. The van der Waals surface area contributed by atoms with Crippen LogP contribution in [0.5, 0.6) is 5.75 Å². The fraction of sp³-hybridized carbons (Fsp3) is 0.500. The first-order valence-corrected chi connectivity index (χ1v) is 7.74. The number of likely N-dealkylation sites (tertiary alicyclic amines) is 1. The van der Waals surface area contributed by atoms with E-state index >= 15 is 0 Å². The molecule has 1 aliphatic heterocycles. The molecule has 1 heterocycles. The molecule has 23 heavy (non-hydrogen) atoms. The van der Waals surface area contributed by atoms with E-state index in [0.717, 1.165) is 0 Å². The zero-order chi connectivity index (χ0) is 17.4. The summed E-state index contributed by atoms with van der Waals surface area (Å²) < 4.78 is 11.3. The molecule has 0 bridgehead atoms. The third-order valence-corrected chi connectivity index (χ3v) is 3.71. The molecule has 1 fully saturated rings. The van der Waals surface area contributed by atoms with Crippen LogP contribution in [0.2, 0.25) is 0 Å². The van der Waals surface area contributed by atoms with Crippen molar-refractivity contribution in [3.8, 4) is 5.75 Å². The fourth-order valence-electron chi connectivity index (χ4n) is 2.02. The highest BCUT2D eigenvalue weighted by molar-refractivity contribution is 9.10. The van der Waals surface area contributed by atoms with Crippen molar-refractivity contribution in [1.29, 1.82) is 0 Å². The van der Waals surface area contributed by atoms with Gasteiger partial charge in [0, 0.05) is 0 Å². The standard InChI is InChI=1S/C14H18BrN3O5/c1-14(2,3)23-13(19)17-6-8(7-17)22-12-9(15)4-5-10(16)11(12)18(20)21/h4-5,8H,6-7,16H2,1-3H3. The van der Waals surface area contributed by atoms with Gasteiger partial charge in [-0.15, -0.1) is 0 Å². The summed E-state index contributed by atoms with van der Waals surface area (Å²) in [6.45, 7) is 5.95. The Bertz CT molecular complexity index is 638. The molecular weight excluding hydrogens is 370 g/mol. The molecule has 1 saturated heterocycles. The van der Waals surface area contributed by atoms with E-state index in [2.05, 4.69) is 15.9 Å². The number of nitrogen functional groups attached to an aromatic ring is 1. The first kappa shape index (κ1) is 17.3. The van der Waals surface area contributed by atoms with Crippen LogP contribution < -0.4 is 10.5 Å². The minimum Gasteiger partial charge on any atom is -0.479 e. The molecule has 1 aliphatic rings. The summed E-state index contributed by atoms with van der Waals surface area (Å²) in [5.41, 5.74) is 4.82. The minimum atomic E-state index is -0.584. The van der Waals surface area contributed by atoms with Crippen molar-refractivity contribution in [1.82, 2.24) is 4.90 Å². The molecule has 0 spiro atoms. The maximum absolute atomic E-state index is 11.8. The van der Waals surface area contributed by atoms with Crippen molar-refractivity contribution in [2.75, 3.05) is 18.8 Å². The van der Waals surface area contributed by atoms with Gasteiger partial charge in [-0.25, -0.2) is 4.79 Å². The lowest BCUT2D eigenvalue weighted by Crippen LogP contribution is -2.57. The average molecular weight is 388 g/mol. The van der Waals surface area contributed by atoms with Crippen molar-refractivity contribution < 1.29 is 19.2 Å². The second-order valence-corrected chi connectivity index (χ2v) is 7.05. The Morgan fingerprint density at radius 2 is 2.04 bits per heavy atom. The van der Waals surface area contributed by atoms with E-state index < -0.39 is 16.6 Å². The number of ether oxygens (including phenoxy) is 2. The number of rotatable bonds is 3. The Hall–Kier alpha value is -2.03. The average Bonchev–Trinajstić information content (AvgIpc) is 2.34. The molecule has 2 N–H and O–H groups in total.